The van der Waals surface area contributed by atoms with Gasteiger partial charge in [0.25, 0.3) is 0 Å². The minimum Gasteiger partial charge on any atom is -0.379 e. The summed E-state index contributed by atoms with van der Waals surface area (Å²) in [5, 5.41) is 8.71. The molecule has 0 spiro atoms. The number of nitriles is 1. The first-order chi connectivity index (χ1) is 9.31. The first-order valence-corrected chi connectivity index (χ1v) is 7.27. The fourth-order valence-electron chi connectivity index (χ4n) is 2.52. The normalized spacial score (nSPS) is 20.6. The van der Waals surface area contributed by atoms with Crippen LogP contribution >= 0.6 is 0 Å². The monoisotopic (exact) mass is 265 g/mol. The van der Waals surface area contributed by atoms with Crippen molar-refractivity contribution in [1.29, 1.82) is 5.26 Å². The van der Waals surface area contributed by atoms with Crippen LogP contribution < -0.4 is 0 Å². The number of carbonyl (C=O) groups is 1. The Morgan fingerprint density at radius 2 is 2.05 bits per heavy atom. The highest BCUT2D eigenvalue weighted by Gasteiger charge is 2.29. The molecule has 1 aliphatic heterocycles. The lowest BCUT2D eigenvalue weighted by molar-refractivity contribution is -0.138. The standard InChI is InChI=1S/C14H23N3O2/c15-5-2-6-17(14(18)13-3-1-4-13)8-7-16-9-11-19-12-10-16/h13H,1-4,6-12H2. The van der Waals surface area contributed by atoms with Crippen molar-refractivity contribution in [2.45, 2.75) is 25.7 Å². The van der Waals surface area contributed by atoms with E-state index in [-0.39, 0.29) is 11.8 Å². The van der Waals surface area contributed by atoms with Gasteiger partial charge >= 0.3 is 0 Å². The van der Waals surface area contributed by atoms with Gasteiger partial charge in [0.05, 0.1) is 25.7 Å². The van der Waals surface area contributed by atoms with Crippen LogP contribution in [-0.4, -0.2) is 61.6 Å². The Kier molecular flexibility index (Phi) is 5.62. The van der Waals surface area contributed by atoms with E-state index in [1.807, 2.05) is 4.90 Å². The van der Waals surface area contributed by atoms with Crippen LogP contribution in [0.15, 0.2) is 0 Å². The molecule has 2 fully saturated rings. The molecule has 1 amide bonds. The van der Waals surface area contributed by atoms with Crippen LogP contribution in [-0.2, 0) is 9.53 Å². The summed E-state index contributed by atoms with van der Waals surface area (Å²) in [5.74, 6) is 0.484. The van der Waals surface area contributed by atoms with E-state index >= 15 is 0 Å². The second kappa shape index (κ2) is 7.46. The molecule has 5 nitrogen and oxygen atoms in total. The smallest absolute Gasteiger partial charge is 0.225 e. The van der Waals surface area contributed by atoms with Crippen LogP contribution in [0.5, 0.6) is 0 Å². The highest BCUT2D eigenvalue weighted by atomic mass is 16.5. The van der Waals surface area contributed by atoms with Gasteiger partial charge in [-0.2, -0.15) is 5.26 Å². The third-order valence-corrected chi connectivity index (χ3v) is 4.05. The molecule has 1 saturated carbocycles. The largest absolute Gasteiger partial charge is 0.379 e. The highest BCUT2D eigenvalue weighted by molar-refractivity contribution is 5.79. The molecule has 1 heterocycles. The number of ether oxygens (including phenoxy) is 1. The van der Waals surface area contributed by atoms with Gasteiger partial charge in [0.1, 0.15) is 0 Å². The number of hydrogen-bond donors (Lipinski definition) is 0. The zero-order valence-corrected chi connectivity index (χ0v) is 11.5. The van der Waals surface area contributed by atoms with Crippen molar-refractivity contribution >= 4 is 5.91 Å². The molecule has 2 rings (SSSR count). The van der Waals surface area contributed by atoms with Gasteiger partial charge in [-0.1, -0.05) is 6.42 Å². The summed E-state index contributed by atoms with van der Waals surface area (Å²) in [7, 11) is 0. The number of rotatable bonds is 6. The molecule has 0 unspecified atom stereocenters. The summed E-state index contributed by atoms with van der Waals surface area (Å²) >= 11 is 0. The number of amides is 1. The van der Waals surface area contributed by atoms with Gasteiger partial charge in [-0.25, -0.2) is 0 Å². The fourth-order valence-corrected chi connectivity index (χ4v) is 2.52. The number of nitrogens with zero attached hydrogens (tertiary/aromatic N) is 3. The second-order valence-corrected chi connectivity index (χ2v) is 5.32. The van der Waals surface area contributed by atoms with E-state index in [0.29, 0.717) is 13.0 Å². The Hall–Kier alpha value is -1.12. The van der Waals surface area contributed by atoms with Gasteiger partial charge in [0.15, 0.2) is 0 Å². The van der Waals surface area contributed by atoms with Crippen molar-refractivity contribution in [2.75, 3.05) is 45.9 Å². The van der Waals surface area contributed by atoms with Crippen molar-refractivity contribution < 1.29 is 9.53 Å². The molecule has 1 saturated heterocycles. The maximum absolute atomic E-state index is 12.3. The molecule has 106 valence electrons. The van der Waals surface area contributed by atoms with E-state index in [4.69, 9.17) is 10.00 Å². The molecular weight excluding hydrogens is 242 g/mol. The van der Waals surface area contributed by atoms with Crippen molar-refractivity contribution in [1.82, 2.24) is 9.80 Å². The van der Waals surface area contributed by atoms with Crippen molar-refractivity contribution in [2.24, 2.45) is 5.92 Å². The second-order valence-electron chi connectivity index (χ2n) is 5.32. The molecular formula is C14H23N3O2. The van der Waals surface area contributed by atoms with Gasteiger partial charge in [0.2, 0.25) is 5.91 Å². The number of hydrogen-bond acceptors (Lipinski definition) is 4. The van der Waals surface area contributed by atoms with E-state index in [1.165, 1.54) is 6.42 Å². The average molecular weight is 265 g/mol. The first kappa shape index (κ1) is 14.3. The van der Waals surface area contributed by atoms with E-state index < -0.39 is 0 Å². The van der Waals surface area contributed by atoms with Crippen LogP contribution in [0.4, 0.5) is 0 Å². The maximum Gasteiger partial charge on any atom is 0.225 e. The quantitative estimate of drug-likeness (QED) is 0.715. The van der Waals surface area contributed by atoms with Crippen LogP contribution in [0, 0.1) is 17.2 Å². The van der Waals surface area contributed by atoms with Gasteiger partial charge in [-0.3, -0.25) is 9.69 Å². The molecule has 0 bridgehead atoms. The summed E-state index contributed by atoms with van der Waals surface area (Å²) in [5.41, 5.74) is 0. The van der Waals surface area contributed by atoms with Crippen LogP contribution in [0.2, 0.25) is 0 Å². The average Bonchev–Trinajstić information content (AvgIpc) is 2.38. The van der Waals surface area contributed by atoms with Gasteiger partial charge in [0, 0.05) is 38.6 Å². The summed E-state index contributed by atoms with van der Waals surface area (Å²) in [6.07, 6.45) is 3.66. The summed E-state index contributed by atoms with van der Waals surface area (Å²) in [6, 6.07) is 2.14. The Labute approximate surface area is 115 Å². The zero-order chi connectivity index (χ0) is 13.5. The molecule has 0 radical (unpaired) electrons. The molecule has 0 aromatic heterocycles. The Bertz CT molecular complexity index is 330. The third kappa shape index (κ3) is 4.19. The fraction of sp³-hybridized carbons (Fsp3) is 0.857. The molecule has 19 heavy (non-hydrogen) atoms. The lowest BCUT2D eigenvalue weighted by Gasteiger charge is -2.33. The van der Waals surface area contributed by atoms with E-state index in [1.54, 1.807) is 0 Å². The molecule has 5 heteroatoms. The molecule has 0 N–H and O–H groups in total. The SMILES string of the molecule is N#CCCN(CCN1CCOCC1)C(=O)C1CCC1. The lowest BCUT2D eigenvalue weighted by Crippen LogP contribution is -2.45. The molecule has 2 aliphatic rings. The van der Waals surface area contributed by atoms with Crippen molar-refractivity contribution in [3.63, 3.8) is 0 Å². The van der Waals surface area contributed by atoms with E-state index in [0.717, 1.165) is 52.2 Å². The minimum absolute atomic E-state index is 0.225. The molecule has 1 aliphatic carbocycles. The van der Waals surface area contributed by atoms with E-state index in [9.17, 15) is 4.79 Å². The number of morpholine rings is 1. The van der Waals surface area contributed by atoms with Crippen molar-refractivity contribution in [3.8, 4) is 6.07 Å². The Morgan fingerprint density at radius 1 is 1.32 bits per heavy atom. The minimum atomic E-state index is 0.225. The van der Waals surface area contributed by atoms with Gasteiger partial charge in [-0.15, -0.1) is 0 Å². The maximum atomic E-state index is 12.3. The van der Waals surface area contributed by atoms with Crippen LogP contribution in [0.1, 0.15) is 25.7 Å². The summed E-state index contributed by atoms with van der Waals surface area (Å²) in [4.78, 5) is 16.5. The van der Waals surface area contributed by atoms with Crippen LogP contribution in [0.25, 0.3) is 0 Å². The first-order valence-electron chi connectivity index (χ1n) is 7.27. The molecule has 0 aromatic rings. The van der Waals surface area contributed by atoms with Crippen LogP contribution in [0.3, 0.4) is 0 Å². The lowest BCUT2D eigenvalue weighted by atomic mass is 9.84. The van der Waals surface area contributed by atoms with E-state index in [2.05, 4.69) is 11.0 Å². The predicted octanol–water partition coefficient (Wildman–Crippen LogP) is 0.861. The van der Waals surface area contributed by atoms with Gasteiger partial charge in [-0.05, 0) is 12.8 Å². The Balaban J connectivity index is 1.78. The van der Waals surface area contributed by atoms with Crippen molar-refractivity contribution in [3.05, 3.63) is 0 Å². The molecule has 0 aromatic carbocycles. The predicted molar refractivity (Wildman–Crippen MR) is 71.4 cm³/mol. The Morgan fingerprint density at radius 3 is 2.63 bits per heavy atom. The summed E-state index contributed by atoms with van der Waals surface area (Å²) < 4.78 is 5.32. The zero-order valence-electron chi connectivity index (χ0n) is 11.5. The molecule has 0 atom stereocenters. The summed E-state index contributed by atoms with van der Waals surface area (Å²) in [6.45, 7) is 5.69. The highest BCUT2D eigenvalue weighted by Crippen LogP contribution is 2.28. The third-order valence-electron chi connectivity index (χ3n) is 4.05. The van der Waals surface area contributed by atoms with Gasteiger partial charge < -0.3 is 9.64 Å². The topological polar surface area (TPSA) is 56.6 Å². The number of carbonyl (C=O) groups excluding carboxylic acids is 1.